The molecular weight excluding hydrogens is 396 g/mol. The van der Waals surface area contributed by atoms with Gasteiger partial charge in [0.15, 0.2) is 0 Å². The first-order chi connectivity index (χ1) is 10.9. The van der Waals surface area contributed by atoms with Crippen LogP contribution < -0.4 is 4.72 Å². The SMILES string of the molecule is Cc1ccc(S(=O)(=O)NCC(SC#N)c2ccc(Br)cc2)cc1. The van der Waals surface area contributed by atoms with E-state index in [1.54, 1.807) is 24.3 Å². The molecule has 0 fully saturated rings. The third kappa shape index (κ3) is 5.08. The zero-order valence-corrected chi connectivity index (χ0v) is 15.6. The van der Waals surface area contributed by atoms with E-state index in [0.717, 1.165) is 27.4 Å². The second-order valence-electron chi connectivity index (χ2n) is 4.91. The Morgan fingerprint density at radius 1 is 1.17 bits per heavy atom. The molecule has 0 amide bonds. The maximum Gasteiger partial charge on any atom is 0.240 e. The number of benzene rings is 2. The first kappa shape index (κ1) is 18.0. The summed E-state index contributed by atoms with van der Waals surface area (Å²) in [5.74, 6) is 0. The zero-order valence-electron chi connectivity index (χ0n) is 12.4. The lowest BCUT2D eigenvalue weighted by molar-refractivity contribution is 0.581. The molecule has 2 aromatic rings. The normalized spacial score (nSPS) is 12.6. The fourth-order valence-electron chi connectivity index (χ4n) is 1.95. The standard InChI is InChI=1S/C16H15BrN2O2S2/c1-12-2-8-15(9-3-12)23(20,21)19-10-16(22-11-18)13-4-6-14(17)7-5-13/h2-9,16,19H,10H2,1H3. The smallest absolute Gasteiger partial charge is 0.210 e. The van der Waals surface area contributed by atoms with Gasteiger partial charge in [0.25, 0.3) is 0 Å². The van der Waals surface area contributed by atoms with Crippen molar-refractivity contribution in [3.63, 3.8) is 0 Å². The summed E-state index contributed by atoms with van der Waals surface area (Å²) in [7, 11) is -3.59. The predicted octanol–water partition coefficient (Wildman–Crippen LogP) is 3.99. The molecule has 0 aliphatic rings. The number of rotatable bonds is 6. The van der Waals surface area contributed by atoms with Gasteiger partial charge in [0.1, 0.15) is 5.40 Å². The van der Waals surface area contributed by atoms with Crippen molar-refractivity contribution in [2.75, 3.05) is 6.54 Å². The minimum atomic E-state index is -3.59. The molecule has 0 aliphatic carbocycles. The fraction of sp³-hybridized carbons (Fsp3) is 0.188. The first-order valence-electron chi connectivity index (χ1n) is 6.79. The molecule has 0 bridgehead atoms. The van der Waals surface area contributed by atoms with Gasteiger partial charge in [-0.2, -0.15) is 5.26 Å². The lowest BCUT2D eigenvalue weighted by Crippen LogP contribution is -2.27. The summed E-state index contributed by atoms with van der Waals surface area (Å²) in [5, 5.41) is 10.7. The molecule has 0 radical (unpaired) electrons. The highest BCUT2D eigenvalue weighted by atomic mass is 79.9. The Kier molecular flexibility index (Phi) is 6.25. The van der Waals surface area contributed by atoms with Crippen LogP contribution in [0.15, 0.2) is 57.9 Å². The Bertz CT molecular complexity index is 797. The number of halogens is 1. The third-order valence-electron chi connectivity index (χ3n) is 3.23. The molecule has 120 valence electrons. The average molecular weight is 411 g/mol. The summed E-state index contributed by atoms with van der Waals surface area (Å²) in [6.07, 6.45) is 0. The van der Waals surface area contributed by atoms with Gasteiger partial charge >= 0.3 is 0 Å². The van der Waals surface area contributed by atoms with Crippen molar-refractivity contribution in [1.82, 2.24) is 4.72 Å². The Balaban J connectivity index is 2.13. The molecule has 7 heteroatoms. The Labute approximate surface area is 149 Å². The number of hydrogen-bond donors (Lipinski definition) is 1. The highest BCUT2D eigenvalue weighted by molar-refractivity contribution is 9.10. The Morgan fingerprint density at radius 3 is 2.35 bits per heavy atom. The molecule has 2 rings (SSSR count). The van der Waals surface area contributed by atoms with E-state index in [-0.39, 0.29) is 16.7 Å². The maximum absolute atomic E-state index is 12.3. The number of hydrogen-bond acceptors (Lipinski definition) is 4. The molecule has 1 atom stereocenters. The van der Waals surface area contributed by atoms with E-state index >= 15 is 0 Å². The number of thioether (sulfide) groups is 1. The van der Waals surface area contributed by atoms with Crippen LogP contribution in [-0.4, -0.2) is 15.0 Å². The van der Waals surface area contributed by atoms with Gasteiger partial charge in [-0.25, -0.2) is 13.1 Å². The van der Waals surface area contributed by atoms with Crippen molar-refractivity contribution in [1.29, 1.82) is 5.26 Å². The molecule has 0 saturated heterocycles. The summed E-state index contributed by atoms with van der Waals surface area (Å²) in [6.45, 7) is 2.05. The molecule has 4 nitrogen and oxygen atoms in total. The van der Waals surface area contributed by atoms with E-state index in [1.807, 2.05) is 36.6 Å². The highest BCUT2D eigenvalue weighted by Gasteiger charge is 2.18. The summed E-state index contributed by atoms with van der Waals surface area (Å²) in [6, 6.07) is 14.1. The van der Waals surface area contributed by atoms with Crippen molar-refractivity contribution in [2.45, 2.75) is 17.1 Å². The van der Waals surface area contributed by atoms with Gasteiger partial charge in [-0.1, -0.05) is 45.8 Å². The van der Waals surface area contributed by atoms with Gasteiger partial charge in [-0.05, 0) is 48.5 Å². The van der Waals surface area contributed by atoms with Gasteiger partial charge < -0.3 is 0 Å². The van der Waals surface area contributed by atoms with E-state index in [4.69, 9.17) is 5.26 Å². The van der Waals surface area contributed by atoms with E-state index < -0.39 is 10.0 Å². The topological polar surface area (TPSA) is 70.0 Å². The van der Waals surface area contributed by atoms with Gasteiger partial charge in [-0.15, -0.1) is 0 Å². The maximum atomic E-state index is 12.3. The molecule has 0 aromatic heterocycles. The largest absolute Gasteiger partial charge is 0.240 e. The van der Waals surface area contributed by atoms with Gasteiger partial charge in [-0.3, -0.25) is 0 Å². The van der Waals surface area contributed by atoms with Crippen LogP contribution in [0.1, 0.15) is 16.4 Å². The van der Waals surface area contributed by atoms with E-state index in [9.17, 15) is 8.42 Å². The van der Waals surface area contributed by atoms with E-state index in [2.05, 4.69) is 20.7 Å². The van der Waals surface area contributed by atoms with Crippen LogP contribution in [0, 0.1) is 17.6 Å². The van der Waals surface area contributed by atoms with Crippen LogP contribution in [-0.2, 0) is 10.0 Å². The lowest BCUT2D eigenvalue weighted by Gasteiger charge is -2.15. The second-order valence-corrected chi connectivity index (χ2v) is 8.58. The van der Waals surface area contributed by atoms with Crippen LogP contribution in [0.4, 0.5) is 0 Å². The molecule has 0 spiro atoms. The summed E-state index contributed by atoms with van der Waals surface area (Å²) < 4.78 is 28.2. The van der Waals surface area contributed by atoms with Crippen molar-refractivity contribution in [3.8, 4) is 5.40 Å². The van der Waals surface area contributed by atoms with Crippen LogP contribution >= 0.6 is 27.7 Å². The van der Waals surface area contributed by atoms with E-state index in [1.165, 1.54) is 0 Å². The van der Waals surface area contributed by atoms with Crippen molar-refractivity contribution >= 4 is 37.7 Å². The number of nitriles is 1. The Morgan fingerprint density at radius 2 is 1.78 bits per heavy atom. The molecule has 1 unspecified atom stereocenters. The molecule has 0 saturated carbocycles. The second kappa shape index (κ2) is 7.97. The zero-order chi connectivity index (χ0) is 16.9. The number of thiocyanates is 1. The molecule has 23 heavy (non-hydrogen) atoms. The quantitative estimate of drug-likeness (QED) is 0.730. The summed E-state index contributed by atoms with van der Waals surface area (Å²) in [5.41, 5.74) is 1.89. The van der Waals surface area contributed by atoms with Crippen molar-refractivity contribution in [3.05, 3.63) is 64.1 Å². The summed E-state index contributed by atoms with van der Waals surface area (Å²) >= 11 is 4.39. The number of nitrogens with zero attached hydrogens (tertiary/aromatic N) is 1. The number of sulfonamides is 1. The molecular formula is C16H15BrN2O2S2. The van der Waals surface area contributed by atoms with Crippen LogP contribution in [0.25, 0.3) is 0 Å². The molecule has 0 heterocycles. The highest BCUT2D eigenvalue weighted by Crippen LogP contribution is 2.28. The first-order valence-corrected chi connectivity index (χ1v) is 9.94. The van der Waals surface area contributed by atoms with Crippen molar-refractivity contribution < 1.29 is 8.42 Å². The van der Waals surface area contributed by atoms with E-state index in [0.29, 0.717) is 0 Å². The molecule has 2 aromatic carbocycles. The van der Waals surface area contributed by atoms with Crippen LogP contribution in [0.5, 0.6) is 0 Å². The summed E-state index contributed by atoms with van der Waals surface area (Å²) in [4.78, 5) is 0.222. The number of nitrogens with one attached hydrogen (secondary N) is 1. The van der Waals surface area contributed by atoms with Gasteiger partial charge in [0.2, 0.25) is 10.0 Å². The minimum absolute atomic E-state index is 0.149. The van der Waals surface area contributed by atoms with Crippen molar-refractivity contribution in [2.24, 2.45) is 0 Å². The van der Waals surface area contributed by atoms with Gasteiger partial charge in [0, 0.05) is 11.0 Å². The van der Waals surface area contributed by atoms with Crippen LogP contribution in [0.2, 0.25) is 0 Å². The predicted molar refractivity (Wildman–Crippen MR) is 96.5 cm³/mol. The fourth-order valence-corrected chi connectivity index (χ4v) is 3.96. The lowest BCUT2D eigenvalue weighted by atomic mass is 10.1. The molecule has 1 N–H and O–H groups in total. The molecule has 0 aliphatic heterocycles. The Hall–Kier alpha value is -1.33. The number of aryl methyl sites for hydroxylation is 1. The van der Waals surface area contributed by atoms with Gasteiger partial charge in [0.05, 0.1) is 10.1 Å². The monoisotopic (exact) mass is 410 g/mol. The average Bonchev–Trinajstić information content (AvgIpc) is 2.53. The minimum Gasteiger partial charge on any atom is -0.210 e. The third-order valence-corrected chi connectivity index (χ3v) is 6.02. The van der Waals surface area contributed by atoms with Crippen LogP contribution in [0.3, 0.4) is 0 Å².